The fraction of sp³-hybridized carbons (Fsp3) is 0.179. The van der Waals surface area contributed by atoms with Gasteiger partial charge in [0, 0.05) is 22.7 Å². The number of rotatable bonds is 7. The van der Waals surface area contributed by atoms with Crippen molar-refractivity contribution < 1.29 is 23.5 Å². The van der Waals surface area contributed by atoms with Crippen molar-refractivity contribution in [2.24, 2.45) is 0 Å². The van der Waals surface area contributed by atoms with Crippen LogP contribution < -0.4 is 9.47 Å². The number of benzene rings is 2. The summed E-state index contributed by atoms with van der Waals surface area (Å²) >= 11 is 6.08. The third-order valence-electron chi connectivity index (χ3n) is 5.92. The van der Waals surface area contributed by atoms with Crippen molar-refractivity contribution in [3.8, 4) is 28.9 Å². The van der Waals surface area contributed by atoms with Crippen LogP contribution in [0.5, 0.6) is 11.5 Å². The van der Waals surface area contributed by atoms with Gasteiger partial charge in [-0.15, -0.1) is 0 Å². The summed E-state index contributed by atoms with van der Waals surface area (Å²) in [5.74, 6) is 1.02. The number of nitrogens with zero attached hydrogens (tertiary/aromatic N) is 2. The van der Waals surface area contributed by atoms with E-state index in [2.05, 4.69) is 0 Å². The number of carbonyl (C=O) groups excluding carboxylic acids is 2. The van der Waals surface area contributed by atoms with Crippen LogP contribution in [-0.4, -0.2) is 37.5 Å². The van der Waals surface area contributed by atoms with Gasteiger partial charge in [-0.25, -0.2) is 0 Å². The summed E-state index contributed by atoms with van der Waals surface area (Å²) in [7, 11) is 3.08. The Morgan fingerprint density at radius 3 is 2.50 bits per heavy atom. The molecule has 182 valence electrons. The Labute approximate surface area is 213 Å². The number of nitriles is 1. The van der Waals surface area contributed by atoms with Crippen LogP contribution in [0, 0.1) is 11.3 Å². The molecule has 4 rings (SSSR count). The number of furan rings is 1. The zero-order chi connectivity index (χ0) is 25.8. The predicted molar refractivity (Wildman–Crippen MR) is 135 cm³/mol. The molecule has 2 heterocycles. The summed E-state index contributed by atoms with van der Waals surface area (Å²) in [4.78, 5) is 27.4. The molecule has 0 fully saturated rings. The Morgan fingerprint density at radius 2 is 1.81 bits per heavy atom. The predicted octanol–water partition coefficient (Wildman–Crippen LogP) is 5.45. The van der Waals surface area contributed by atoms with Gasteiger partial charge < -0.3 is 13.9 Å². The van der Waals surface area contributed by atoms with Crippen molar-refractivity contribution in [3.05, 3.63) is 87.7 Å². The van der Waals surface area contributed by atoms with Gasteiger partial charge in [-0.3, -0.25) is 14.5 Å². The fourth-order valence-electron chi connectivity index (χ4n) is 3.98. The quantitative estimate of drug-likeness (QED) is 0.315. The van der Waals surface area contributed by atoms with Gasteiger partial charge in [-0.1, -0.05) is 29.8 Å². The number of hydrogen-bond acceptors (Lipinski definition) is 6. The van der Waals surface area contributed by atoms with E-state index in [1.807, 2.05) is 24.3 Å². The molecule has 2 aromatic carbocycles. The number of ether oxygens (including phenoxy) is 2. The van der Waals surface area contributed by atoms with Crippen molar-refractivity contribution >= 4 is 29.5 Å². The van der Waals surface area contributed by atoms with Crippen LogP contribution >= 0.6 is 11.6 Å². The van der Waals surface area contributed by atoms with E-state index in [-0.39, 0.29) is 17.7 Å². The maximum Gasteiger partial charge on any atom is 0.271 e. The Hall–Kier alpha value is -4.28. The van der Waals surface area contributed by atoms with E-state index in [0.717, 1.165) is 16.0 Å². The first kappa shape index (κ1) is 24.8. The lowest BCUT2D eigenvalue weighted by Gasteiger charge is -2.27. The minimum Gasteiger partial charge on any atom is -0.493 e. The summed E-state index contributed by atoms with van der Waals surface area (Å²) in [5.41, 5.74) is 2.11. The normalized spacial score (nSPS) is 14.9. The minimum absolute atomic E-state index is 0.0743. The molecule has 0 N–H and O–H groups in total. The summed E-state index contributed by atoms with van der Waals surface area (Å²) in [6, 6.07) is 18.1. The minimum atomic E-state index is -0.614. The maximum atomic E-state index is 13.4. The fourth-order valence-corrected chi connectivity index (χ4v) is 4.17. The molecule has 2 amide bonds. The largest absolute Gasteiger partial charge is 0.493 e. The Morgan fingerprint density at radius 1 is 1.03 bits per heavy atom. The van der Waals surface area contributed by atoms with Gasteiger partial charge in [0.2, 0.25) is 0 Å². The zero-order valence-corrected chi connectivity index (χ0v) is 20.8. The monoisotopic (exact) mass is 502 g/mol. The highest BCUT2D eigenvalue weighted by Gasteiger charge is 2.35. The third kappa shape index (κ3) is 4.90. The second kappa shape index (κ2) is 10.5. The van der Waals surface area contributed by atoms with Gasteiger partial charge in [0.1, 0.15) is 23.2 Å². The Balaban J connectivity index is 1.62. The molecule has 1 aromatic heterocycles. The maximum absolute atomic E-state index is 13.4. The summed E-state index contributed by atoms with van der Waals surface area (Å²) in [6.07, 6.45) is 1.93. The lowest BCUT2D eigenvalue weighted by atomic mass is 9.94. The molecule has 0 unspecified atom stereocenters. The summed E-state index contributed by atoms with van der Waals surface area (Å²) in [5, 5.41) is 10.2. The average molecular weight is 503 g/mol. The molecule has 36 heavy (non-hydrogen) atoms. The van der Waals surface area contributed by atoms with Crippen LogP contribution in [0.3, 0.4) is 0 Å². The summed E-state index contributed by atoms with van der Waals surface area (Å²) in [6.45, 7) is 1.68. The highest BCUT2D eigenvalue weighted by atomic mass is 35.5. The smallest absolute Gasteiger partial charge is 0.271 e. The van der Waals surface area contributed by atoms with Crippen LogP contribution in [-0.2, 0) is 16.0 Å². The van der Waals surface area contributed by atoms with Crippen LogP contribution in [0.4, 0.5) is 0 Å². The van der Waals surface area contributed by atoms with Crippen LogP contribution in [0.1, 0.15) is 18.2 Å². The molecule has 0 saturated carbocycles. The van der Waals surface area contributed by atoms with E-state index in [1.54, 1.807) is 56.5 Å². The van der Waals surface area contributed by atoms with E-state index in [1.165, 1.54) is 7.11 Å². The molecule has 3 aromatic rings. The topological polar surface area (TPSA) is 92.8 Å². The zero-order valence-electron chi connectivity index (χ0n) is 20.0. The molecular formula is C28H23ClN2O5. The van der Waals surface area contributed by atoms with Crippen molar-refractivity contribution in [3.63, 3.8) is 0 Å². The molecule has 0 saturated heterocycles. The van der Waals surface area contributed by atoms with E-state index in [4.69, 9.17) is 25.5 Å². The first-order valence-corrected chi connectivity index (χ1v) is 11.5. The second-order valence-electron chi connectivity index (χ2n) is 8.08. The molecule has 1 aliphatic rings. The Bertz CT molecular complexity index is 1440. The van der Waals surface area contributed by atoms with Crippen LogP contribution in [0.25, 0.3) is 17.4 Å². The third-order valence-corrected chi connectivity index (χ3v) is 6.16. The first-order chi connectivity index (χ1) is 17.4. The van der Waals surface area contributed by atoms with Crippen molar-refractivity contribution in [1.82, 2.24) is 4.90 Å². The van der Waals surface area contributed by atoms with Crippen LogP contribution in [0.15, 0.2) is 75.7 Å². The number of hydrogen-bond donors (Lipinski definition) is 0. The van der Waals surface area contributed by atoms with Gasteiger partial charge in [0.25, 0.3) is 11.8 Å². The van der Waals surface area contributed by atoms with E-state index in [0.29, 0.717) is 40.0 Å². The number of imide groups is 1. The first-order valence-electron chi connectivity index (χ1n) is 11.1. The molecule has 8 heteroatoms. The standard InChI is InChI=1S/C28H23ClN2O5/c1-17-22(15-21-8-10-24(36-21)19-5-4-6-20(29)14-19)27(32)31(28(33)23(17)16-30)12-11-18-7-9-25(34-2)26(13-18)35-3/h4-10,13-15H,11-12H2,1-3H3/b22-15+. The van der Waals surface area contributed by atoms with Gasteiger partial charge in [0.15, 0.2) is 11.5 Å². The van der Waals surface area contributed by atoms with Gasteiger partial charge in [0.05, 0.1) is 14.2 Å². The molecule has 0 atom stereocenters. The lowest BCUT2D eigenvalue weighted by Crippen LogP contribution is -2.43. The number of halogens is 1. The molecular weight excluding hydrogens is 480 g/mol. The van der Waals surface area contributed by atoms with Gasteiger partial charge in [-0.05, 0) is 67.0 Å². The van der Waals surface area contributed by atoms with E-state index < -0.39 is 11.8 Å². The van der Waals surface area contributed by atoms with Gasteiger partial charge >= 0.3 is 0 Å². The number of carbonyl (C=O) groups is 2. The van der Waals surface area contributed by atoms with E-state index >= 15 is 0 Å². The molecule has 0 spiro atoms. The summed E-state index contributed by atoms with van der Waals surface area (Å²) < 4.78 is 16.5. The van der Waals surface area contributed by atoms with Crippen molar-refractivity contribution in [2.45, 2.75) is 13.3 Å². The second-order valence-corrected chi connectivity index (χ2v) is 8.52. The van der Waals surface area contributed by atoms with Crippen molar-refractivity contribution in [2.75, 3.05) is 20.8 Å². The molecule has 0 bridgehead atoms. The SMILES string of the molecule is COc1ccc(CCN2C(=O)C(C#N)=C(C)/C(=C\c3ccc(-c4cccc(Cl)c4)o3)C2=O)cc1OC. The van der Waals surface area contributed by atoms with E-state index in [9.17, 15) is 14.9 Å². The lowest BCUT2D eigenvalue weighted by molar-refractivity contribution is -0.140. The van der Waals surface area contributed by atoms with Crippen LogP contribution in [0.2, 0.25) is 5.02 Å². The highest BCUT2D eigenvalue weighted by molar-refractivity contribution is 6.30. The van der Waals surface area contributed by atoms with Gasteiger partial charge in [-0.2, -0.15) is 5.26 Å². The molecule has 7 nitrogen and oxygen atoms in total. The molecule has 0 radical (unpaired) electrons. The highest BCUT2D eigenvalue weighted by Crippen LogP contribution is 2.31. The number of methoxy groups -OCH3 is 2. The number of amides is 2. The molecule has 1 aliphatic heterocycles. The average Bonchev–Trinajstić information content (AvgIpc) is 3.35. The molecule has 0 aliphatic carbocycles. The van der Waals surface area contributed by atoms with Crippen molar-refractivity contribution in [1.29, 1.82) is 5.26 Å². The Kier molecular flexibility index (Phi) is 7.28.